The topological polar surface area (TPSA) is 237 Å². The Bertz CT molecular complexity index is 2710. The Morgan fingerprint density at radius 2 is 0.519 bits per heavy atom. The van der Waals surface area contributed by atoms with E-state index in [4.69, 9.17) is 37.0 Å². The second kappa shape index (κ2) is 79.5. The molecule has 0 aromatic carbocycles. The summed E-state index contributed by atoms with van der Waals surface area (Å²) < 4.78 is 68.6. The van der Waals surface area contributed by atoms with Crippen LogP contribution in [-0.4, -0.2) is 96.7 Å². The van der Waals surface area contributed by atoms with Crippen LogP contribution in [-0.2, 0) is 65.4 Å². The van der Waals surface area contributed by atoms with Crippen molar-refractivity contribution in [2.45, 2.75) is 329 Å². The molecule has 0 aromatic heterocycles. The van der Waals surface area contributed by atoms with Gasteiger partial charge >= 0.3 is 39.5 Å². The van der Waals surface area contributed by atoms with Crippen molar-refractivity contribution in [2.75, 3.05) is 39.6 Å². The van der Waals surface area contributed by atoms with Gasteiger partial charge in [0.1, 0.15) is 19.3 Å². The van der Waals surface area contributed by atoms with Gasteiger partial charge in [-0.3, -0.25) is 37.3 Å². The van der Waals surface area contributed by atoms with Crippen LogP contribution in [0.1, 0.15) is 310 Å². The van der Waals surface area contributed by atoms with Crippen molar-refractivity contribution in [3.8, 4) is 0 Å². The van der Waals surface area contributed by atoms with E-state index >= 15 is 0 Å². The molecule has 0 saturated heterocycles. The molecule has 0 aliphatic heterocycles. The summed E-state index contributed by atoms with van der Waals surface area (Å²) in [6.07, 6.45) is 94.9. The van der Waals surface area contributed by atoms with Crippen LogP contribution in [0.4, 0.5) is 0 Å². The molecule has 5 unspecified atom stereocenters. The second-order valence-corrected chi connectivity index (χ2v) is 29.9. The molecule has 614 valence electrons. The minimum Gasteiger partial charge on any atom is -0.462 e. The fourth-order valence-electron chi connectivity index (χ4n) is 10.4. The van der Waals surface area contributed by atoms with Crippen molar-refractivity contribution in [1.82, 2.24) is 0 Å². The molecule has 0 saturated carbocycles. The monoisotopic (exact) mass is 1550 g/mol. The zero-order valence-corrected chi connectivity index (χ0v) is 69.0. The van der Waals surface area contributed by atoms with Crippen LogP contribution in [0.2, 0.25) is 0 Å². The van der Waals surface area contributed by atoms with Gasteiger partial charge in [0.05, 0.1) is 32.8 Å². The number of phosphoric ester groups is 2. The number of carbonyl (C=O) groups is 4. The minimum absolute atomic E-state index is 0.0539. The average molecular weight is 1550 g/mol. The maximum absolute atomic E-state index is 13.1. The molecular weight excluding hydrogens is 1400 g/mol. The number of hydrogen-bond acceptors (Lipinski definition) is 15. The first-order chi connectivity index (χ1) is 52.7. The molecule has 0 fully saturated rings. The van der Waals surface area contributed by atoms with Gasteiger partial charge in [-0.15, -0.1) is 0 Å². The quantitative estimate of drug-likeness (QED) is 0.0169. The fraction of sp³-hybridized carbons (Fsp3) is 0.640. The van der Waals surface area contributed by atoms with Gasteiger partial charge in [-0.2, -0.15) is 0 Å². The van der Waals surface area contributed by atoms with Crippen LogP contribution in [0.15, 0.2) is 170 Å². The lowest BCUT2D eigenvalue weighted by Crippen LogP contribution is -2.30. The zero-order chi connectivity index (χ0) is 78.9. The Morgan fingerprint density at radius 3 is 0.824 bits per heavy atom. The summed E-state index contributed by atoms with van der Waals surface area (Å²) in [6, 6.07) is 0. The Kier molecular flexibility index (Phi) is 75.4. The standard InChI is InChI=1S/C89H146O17P2/c1-5-9-13-17-21-25-29-33-37-39-41-43-47-50-54-58-62-66-70-74-87(92)100-80-85(106-89(94)76-72-68-64-60-56-52-48-44-42-40-38-34-30-26-22-18-14-10-6-2)82-104-108(97,98)102-78-83(90)77-101-107(95,96)103-81-84(105-88(93)75-71-67-63-59-55-51-46-36-32-28-24-20-16-12-8-4)79-99-86(91)73-69-65-61-57-53-49-45-35-31-27-23-19-15-11-7-3/h9,11,13,15,21-28,33-38,41-46,53,57,65,69,83-85,90H,5-8,10,12,14,16-20,29-32,39-40,47-52,54-56,58-64,66-68,70-82H2,1-4H3,(H,95,96)(H,97,98)/b13-9-,15-11-,25-21-,26-22-,27-23-,28-24-,37-33-,38-34-,43-41-,44-42-,45-35-,46-36-,57-53-,69-65-. The highest BCUT2D eigenvalue weighted by molar-refractivity contribution is 7.47. The van der Waals surface area contributed by atoms with Gasteiger partial charge in [-0.1, -0.05) is 294 Å². The number of hydrogen-bond donors (Lipinski definition) is 3. The van der Waals surface area contributed by atoms with E-state index in [1.54, 1.807) is 6.08 Å². The van der Waals surface area contributed by atoms with Gasteiger partial charge in [0.2, 0.25) is 0 Å². The molecule has 0 aliphatic rings. The SMILES string of the molecule is CC/C=C\C/C=C\C/C=C\C/C=C\C/C=C\CC(=O)OCC(COP(=O)(O)OCC(O)COP(=O)(O)OCC(COC(=O)CCCCCCCC/C=C\C/C=C\C/C=C\C/C=C\CC)OC(=O)CCCCCCCC/C=C\C/C=C\C/C=C\CCCCC)OC(=O)CCCCCCC/C=C\C/C=C\CCCCC. The van der Waals surface area contributed by atoms with Gasteiger partial charge in [0.25, 0.3) is 0 Å². The fourth-order valence-corrected chi connectivity index (χ4v) is 12.0. The van der Waals surface area contributed by atoms with Gasteiger partial charge in [0, 0.05) is 19.3 Å². The number of esters is 4. The van der Waals surface area contributed by atoms with Crippen LogP contribution in [0.3, 0.4) is 0 Å². The number of aliphatic hydroxyl groups is 1. The summed E-state index contributed by atoms with van der Waals surface area (Å²) in [5.74, 6) is -2.38. The first-order valence-electron chi connectivity index (χ1n) is 41.4. The predicted octanol–water partition coefficient (Wildman–Crippen LogP) is 24.6. The van der Waals surface area contributed by atoms with Crippen LogP contribution in [0.25, 0.3) is 0 Å². The Labute approximate surface area is 654 Å². The van der Waals surface area contributed by atoms with Gasteiger partial charge < -0.3 is 33.8 Å². The normalized spacial score (nSPS) is 14.7. The Hall–Kier alpha value is -5.58. The van der Waals surface area contributed by atoms with E-state index in [2.05, 4.69) is 174 Å². The average Bonchev–Trinajstić information content (AvgIpc) is 0.899. The maximum atomic E-state index is 13.1. The van der Waals surface area contributed by atoms with E-state index in [1.807, 2.05) is 18.2 Å². The van der Waals surface area contributed by atoms with Crippen LogP contribution in [0, 0.1) is 0 Å². The summed E-state index contributed by atoms with van der Waals surface area (Å²) >= 11 is 0. The van der Waals surface area contributed by atoms with E-state index in [-0.39, 0.29) is 25.7 Å². The largest absolute Gasteiger partial charge is 0.472 e. The third-order valence-corrected chi connectivity index (χ3v) is 18.6. The van der Waals surface area contributed by atoms with Crippen molar-refractivity contribution in [3.63, 3.8) is 0 Å². The number of allylic oxidation sites excluding steroid dienone is 27. The highest BCUT2D eigenvalue weighted by atomic mass is 31.2. The number of carbonyl (C=O) groups excluding carboxylic acids is 4. The van der Waals surface area contributed by atoms with E-state index in [1.165, 1.54) is 38.5 Å². The molecule has 5 atom stereocenters. The molecule has 19 heteroatoms. The van der Waals surface area contributed by atoms with Gasteiger partial charge in [-0.25, -0.2) is 9.13 Å². The lowest BCUT2D eigenvalue weighted by molar-refractivity contribution is -0.161. The lowest BCUT2D eigenvalue weighted by atomic mass is 10.1. The molecule has 0 rings (SSSR count). The van der Waals surface area contributed by atoms with Crippen molar-refractivity contribution in [2.24, 2.45) is 0 Å². The third-order valence-electron chi connectivity index (χ3n) is 16.7. The summed E-state index contributed by atoms with van der Waals surface area (Å²) in [7, 11) is -10.0. The smallest absolute Gasteiger partial charge is 0.462 e. The van der Waals surface area contributed by atoms with E-state index < -0.39 is 97.5 Å². The number of ether oxygens (including phenoxy) is 4. The molecule has 0 heterocycles. The zero-order valence-electron chi connectivity index (χ0n) is 67.2. The molecule has 0 radical (unpaired) electrons. The molecule has 0 aromatic rings. The lowest BCUT2D eigenvalue weighted by Gasteiger charge is -2.21. The number of rotatable bonds is 76. The van der Waals surface area contributed by atoms with Crippen molar-refractivity contribution >= 4 is 39.5 Å². The molecule has 0 bridgehead atoms. The number of phosphoric acid groups is 2. The molecule has 0 aliphatic carbocycles. The molecular formula is C89H146O17P2. The first kappa shape index (κ1) is 102. The number of aliphatic hydroxyl groups excluding tert-OH is 1. The summed E-state index contributed by atoms with van der Waals surface area (Å²) in [5, 5.41) is 10.7. The Balaban J connectivity index is 5.48. The van der Waals surface area contributed by atoms with E-state index in [9.17, 15) is 43.2 Å². The highest BCUT2D eigenvalue weighted by Gasteiger charge is 2.30. The van der Waals surface area contributed by atoms with Crippen LogP contribution in [0.5, 0.6) is 0 Å². The molecule has 17 nitrogen and oxygen atoms in total. The third kappa shape index (κ3) is 78.5. The summed E-state index contributed by atoms with van der Waals surface area (Å²) in [6.45, 7) is 4.44. The van der Waals surface area contributed by atoms with Crippen LogP contribution >= 0.6 is 15.6 Å². The highest BCUT2D eigenvalue weighted by Crippen LogP contribution is 2.45. The van der Waals surface area contributed by atoms with Crippen molar-refractivity contribution < 1.29 is 80.2 Å². The summed E-state index contributed by atoms with van der Waals surface area (Å²) in [4.78, 5) is 73.1. The second-order valence-electron chi connectivity index (χ2n) is 27.0. The minimum atomic E-state index is -5.01. The molecule has 0 spiro atoms. The number of unbranched alkanes of at least 4 members (excludes halogenated alkanes) is 23. The van der Waals surface area contributed by atoms with Crippen molar-refractivity contribution in [3.05, 3.63) is 170 Å². The molecule has 3 N–H and O–H groups in total. The first-order valence-corrected chi connectivity index (χ1v) is 44.4. The molecule has 0 amide bonds. The molecule has 108 heavy (non-hydrogen) atoms. The van der Waals surface area contributed by atoms with E-state index in [0.29, 0.717) is 25.7 Å². The van der Waals surface area contributed by atoms with Crippen LogP contribution < -0.4 is 0 Å². The predicted molar refractivity (Wildman–Crippen MR) is 445 cm³/mol. The maximum Gasteiger partial charge on any atom is 0.472 e. The van der Waals surface area contributed by atoms with Crippen molar-refractivity contribution in [1.29, 1.82) is 0 Å². The van der Waals surface area contributed by atoms with E-state index in [0.717, 1.165) is 193 Å². The summed E-state index contributed by atoms with van der Waals surface area (Å²) in [5.41, 5.74) is 0. The van der Waals surface area contributed by atoms with Gasteiger partial charge in [-0.05, 0) is 161 Å². The van der Waals surface area contributed by atoms with Gasteiger partial charge in [0.15, 0.2) is 12.2 Å². The Morgan fingerprint density at radius 1 is 0.278 bits per heavy atom.